The summed E-state index contributed by atoms with van der Waals surface area (Å²) in [7, 11) is 1.78. The summed E-state index contributed by atoms with van der Waals surface area (Å²) in [6.45, 7) is 1.65. The van der Waals surface area contributed by atoms with Gasteiger partial charge in [0.2, 0.25) is 0 Å². The van der Waals surface area contributed by atoms with E-state index in [2.05, 4.69) is 11.1 Å². The molecule has 0 amide bonds. The van der Waals surface area contributed by atoms with Crippen molar-refractivity contribution in [2.45, 2.75) is 19.8 Å². The van der Waals surface area contributed by atoms with Crippen LogP contribution in [-0.4, -0.2) is 44.7 Å². The van der Waals surface area contributed by atoms with E-state index in [1.807, 2.05) is 55.6 Å². The molecular formula is C30H32B2N2O7. The number of rotatable bonds is 7. The maximum atomic E-state index is 10.6. The minimum Gasteiger partial charge on any atom is -0.457 e. The molecule has 4 aromatic carbocycles. The molecule has 0 aromatic heterocycles. The number of hydrogen-bond acceptors (Lipinski definition) is 9. The highest BCUT2D eigenvalue weighted by Gasteiger charge is 2.28. The zero-order valence-corrected chi connectivity index (χ0v) is 22.9. The first kappa shape index (κ1) is 30.0. The molecule has 2 heterocycles. The molecule has 2 aliphatic heterocycles. The third kappa shape index (κ3) is 7.83. The van der Waals surface area contributed by atoms with Gasteiger partial charge < -0.3 is 39.9 Å². The molecule has 2 aliphatic rings. The molecule has 0 bridgehead atoms. The summed E-state index contributed by atoms with van der Waals surface area (Å²) >= 11 is 0. The van der Waals surface area contributed by atoms with Crippen molar-refractivity contribution >= 4 is 31.4 Å². The lowest BCUT2D eigenvalue weighted by molar-refractivity contribution is 0.112. The van der Waals surface area contributed by atoms with Gasteiger partial charge in [-0.25, -0.2) is 0 Å². The Morgan fingerprint density at radius 2 is 1.20 bits per heavy atom. The Morgan fingerprint density at radius 1 is 0.756 bits per heavy atom. The average Bonchev–Trinajstić information content (AvgIpc) is 3.57. The monoisotopic (exact) mass is 554 g/mol. The number of carbonyl (C=O) groups excluding carboxylic acids is 1. The quantitative estimate of drug-likeness (QED) is 0.201. The Balaban J connectivity index is 0.000000178. The van der Waals surface area contributed by atoms with Crippen LogP contribution < -0.4 is 31.4 Å². The second-order valence-electron chi connectivity index (χ2n) is 9.11. The summed E-state index contributed by atoms with van der Waals surface area (Å²) in [6, 6.07) is 25.9. The van der Waals surface area contributed by atoms with Crippen LogP contribution in [0, 0.1) is 0 Å². The van der Waals surface area contributed by atoms with Crippen molar-refractivity contribution in [3.05, 3.63) is 107 Å². The maximum Gasteiger partial charge on any atom is 0.491 e. The first-order chi connectivity index (χ1) is 20.0. The highest BCUT2D eigenvalue weighted by atomic mass is 16.5. The van der Waals surface area contributed by atoms with Crippen molar-refractivity contribution in [2.75, 3.05) is 14.1 Å². The first-order valence-electron chi connectivity index (χ1n) is 13.1. The molecule has 9 nitrogen and oxygen atoms in total. The number of ether oxygens (including phenoxy) is 2. The van der Waals surface area contributed by atoms with E-state index in [9.17, 15) is 14.8 Å². The lowest BCUT2D eigenvalue weighted by Crippen LogP contribution is -2.27. The molecule has 5 N–H and O–H groups in total. The molecule has 0 atom stereocenters. The van der Waals surface area contributed by atoms with E-state index in [1.165, 1.54) is 12.6 Å². The van der Waals surface area contributed by atoms with Gasteiger partial charge in [0, 0.05) is 12.1 Å². The normalized spacial score (nSPS) is 12.8. The zero-order valence-electron chi connectivity index (χ0n) is 22.9. The Labute approximate surface area is 240 Å². The molecule has 210 valence electrons. The second-order valence-corrected chi connectivity index (χ2v) is 9.11. The Bertz CT molecular complexity index is 1440. The molecule has 0 radical (unpaired) electrons. The lowest BCUT2D eigenvalue weighted by atomic mass is 9.80. The van der Waals surface area contributed by atoms with Crippen molar-refractivity contribution in [1.29, 1.82) is 0 Å². The molecule has 0 saturated heterocycles. The highest BCUT2D eigenvalue weighted by Crippen LogP contribution is 2.25. The first-order valence-corrected chi connectivity index (χ1v) is 13.1. The van der Waals surface area contributed by atoms with Crippen LogP contribution in [0.5, 0.6) is 23.0 Å². The second kappa shape index (κ2) is 14.6. The van der Waals surface area contributed by atoms with Crippen LogP contribution >= 0.6 is 0 Å². The smallest absolute Gasteiger partial charge is 0.457 e. The molecule has 0 unspecified atom stereocenters. The predicted molar refractivity (Wildman–Crippen MR) is 159 cm³/mol. The van der Waals surface area contributed by atoms with Gasteiger partial charge in [0.25, 0.3) is 0 Å². The fourth-order valence-electron chi connectivity index (χ4n) is 4.31. The molecular weight excluding hydrogens is 522 g/mol. The van der Waals surface area contributed by atoms with E-state index >= 15 is 0 Å². The number of nitrogens with two attached hydrogens (primary N) is 1. The zero-order chi connectivity index (χ0) is 29.2. The molecule has 11 heteroatoms. The number of aldehydes is 1. The van der Waals surface area contributed by atoms with E-state index < -0.39 is 14.2 Å². The number of nitrogens with one attached hydrogen (secondary N) is 1. The van der Waals surface area contributed by atoms with Gasteiger partial charge in [-0.2, -0.15) is 0 Å². The van der Waals surface area contributed by atoms with Crippen LogP contribution in [0.15, 0.2) is 84.9 Å². The van der Waals surface area contributed by atoms with E-state index in [1.54, 1.807) is 36.4 Å². The van der Waals surface area contributed by atoms with Crippen LogP contribution in [0.3, 0.4) is 0 Å². The van der Waals surface area contributed by atoms with Crippen LogP contribution in [0.2, 0.25) is 0 Å². The fraction of sp³-hybridized carbons (Fsp3) is 0.167. The van der Waals surface area contributed by atoms with Gasteiger partial charge in [0.15, 0.2) is 0 Å². The Morgan fingerprint density at radius 3 is 1.63 bits per heavy atom. The molecule has 4 aromatic rings. The minimum absolute atomic E-state index is 0.387. The van der Waals surface area contributed by atoms with Crippen LogP contribution in [0.4, 0.5) is 0 Å². The molecule has 6 rings (SSSR count). The van der Waals surface area contributed by atoms with Crippen molar-refractivity contribution in [1.82, 2.24) is 5.32 Å². The van der Waals surface area contributed by atoms with Gasteiger partial charge in [0.1, 0.15) is 29.3 Å². The highest BCUT2D eigenvalue weighted by molar-refractivity contribution is 6.62. The predicted octanol–water partition coefficient (Wildman–Crippen LogP) is 2.50. The SMILES string of the molecule is CN.CNCc1ccc(Oc2ccc3c(c2)COB3O)cc1.O=Cc1ccc(Oc2ccc3c(c2)COB3O)cc1. The summed E-state index contributed by atoms with van der Waals surface area (Å²) in [5.74, 6) is 2.88. The third-order valence-corrected chi connectivity index (χ3v) is 6.35. The number of carbonyl (C=O) groups is 1. The van der Waals surface area contributed by atoms with Gasteiger partial charge in [-0.3, -0.25) is 4.79 Å². The summed E-state index contributed by atoms with van der Waals surface area (Å²) in [6.07, 6.45) is 0.790. The lowest BCUT2D eigenvalue weighted by Gasteiger charge is -2.08. The Hall–Kier alpha value is -3.96. The fourth-order valence-corrected chi connectivity index (χ4v) is 4.31. The van der Waals surface area contributed by atoms with Crippen molar-refractivity contribution in [3.8, 4) is 23.0 Å². The Kier molecular flexibility index (Phi) is 10.7. The molecule has 41 heavy (non-hydrogen) atoms. The van der Waals surface area contributed by atoms with Gasteiger partial charge in [-0.15, -0.1) is 0 Å². The average molecular weight is 554 g/mol. The molecule has 0 spiro atoms. The molecule has 0 saturated carbocycles. The summed E-state index contributed by atoms with van der Waals surface area (Å²) in [5.41, 5.74) is 9.82. The standard InChI is InChI=1S/C15H16BNO3.C14H11BO4.CH5N/c1-17-9-11-2-4-13(5-3-11)20-14-6-7-15-12(8-14)10-19-16(15)18;16-8-10-1-3-12(4-2-10)19-13-5-6-14-11(7-13)9-18-15(14)17;1-2/h2-8,17-18H,9-10H2,1H3;1-8,17H,9H2;2H2,1H3. The van der Waals surface area contributed by atoms with Gasteiger partial charge >= 0.3 is 14.2 Å². The van der Waals surface area contributed by atoms with E-state index in [4.69, 9.17) is 18.8 Å². The number of fused-ring (bicyclic) bond motifs is 2. The maximum absolute atomic E-state index is 10.6. The minimum atomic E-state index is -0.837. The number of hydrogen-bond donors (Lipinski definition) is 4. The van der Waals surface area contributed by atoms with Crippen LogP contribution in [-0.2, 0) is 29.1 Å². The van der Waals surface area contributed by atoms with E-state index in [0.717, 1.165) is 46.4 Å². The molecule has 0 aliphatic carbocycles. The van der Waals surface area contributed by atoms with Crippen molar-refractivity contribution < 1.29 is 33.6 Å². The third-order valence-electron chi connectivity index (χ3n) is 6.35. The van der Waals surface area contributed by atoms with E-state index in [-0.39, 0.29) is 0 Å². The summed E-state index contributed by atoms with van der Waals surface area (Å²) in [5, 5.41) is 22.2. The van der Waals surface area contributed by atoms with Crippen LogP contribution in [0.25, 0.3) is 0 Å². The van der Waals surface area contributed by atoms with Gasteiger partial charge in [-0.1, -0.05) is 24.3 Å². The van der Waals surface area contributed by atoms with Crippen molar-refractivity contribution in [2.24, 2.45) is 5.73 Å². The van der Waals surface area contributed by atoms with Gasteiger partial charge in [0.05, 0.1) is 13.2 Å². The van der Waals surface area contributed by atoms with Gasteiger partial charge in [-0.05, 0) is 102 Å². The van der Waals surface area contributed by atoms with E-state index in [0.29, 0.717) is 30.3 Å². The largest absolute Gasteiger partial charge is 0.491 e. The van der Waals surface area contributed by atoms with Crippen LogP contribution in [0.1, 0.15) is 27.0 Å². The van der Waals surface area contributed by atoms with Crippen molar-refractivity contribution in [3.63, 3.8) is 0 Å². The molecule has 0 fully saturated rings. The number of benzene rings is 4. The summed E-state index contributed by atoms with van der Waals surface area (Å²) in [4.78, 5) is 10.6. The topological polar surface area (TPSA) is 132 Å². The summed E-state index contributed by atoms with van der Waals surface area (Å²) < 4.78 is 21.8.